The van der Waals surface area contributed by atoms with Crippen molar-refractivity contribution in [1.82, 2.24) is 20.3 Å². The number of benzene rings is 1. The monoisotopic (exact) mass is 479 g/mol. The zero-order valence-corrected chi connectivity index (χ0v) is 19.5. The number of amides is 4. The first-order chi connectivity index (χ1) is 15.4. The molecule has 1 heterocycles. The second-order valence-electron chi connectivity index (χ2n) is 8.12. The summed E-state index contributed by atoms with van der Waals surface area (Å²) in [7, 11) is -3.20. The van der Waals surface area contributed by atoms with Crippen molar-refractivity contribution in [2.75, 3.05) is 7.05 Å². The van der Waals surface area contributed by atoms with Gasteiger partial charge in [0, 0.05) is 42.9 Å². The van der Waals surface area contributed by atoms with Crippen LogP contribution in [0.3, 0.4) is 0 Å². The molecule has 180 valence electrons. The third kappa shape index (κ3) is 7.04. The van der Waals surface area contributed by atoms with Gasteiger partial charge in [0.25, 0.3) is 0 Å². The van der Waals surface area contributed by atoms with Crippen LogP contribution >= 0.6 is 0 Å². The number of aromatic nitrogens is 1. The Balaban J connectivity index is 2.19. The molecule has 0 saturated heterocycles. The van der Waals surface area contributed by atoms with E-state index >= 15 is 0 Å². The first-order valence-electron chi connectivity index (χ1n) is 10.4. The number of hydrogen-bond donors (Lipinski definition) is 5. The molecule has 0 radical (unpaired) electrons. The van der Waals surface area contributed by atoms with Crippen LogP contribution in [0.5, 0.6) is 0 Å². The van der Waals surface area contributed by atoms with E-state index < -0.39 is 51.4 Å². The number of para-hydroxylation sites is 1. The van der Waals surface area contributed by atoms with Crippen molar-refractivity contribution in [1.29, 1.82) is 0 Å². The fourth-order valence-corrected chi connectivity index (χ4v) is 3.99. The molecule has 0 aliphatic heterocycles. The van der Waals surface area contributed by atoms with Gasteiger partial charge in [0.2, 0.25) is 17.7 Å². The van der Waals surface area contributed by atoms with Gasteiger partial charge in [0.05, 0.1) is 0 Å². The lowest BCUT2D eigenvalue weighted by atomic mass is 9.92. The molecule has 2 unspecified atom stereocenters. The minimum atomic E-state index is -4.65. The topological polar surface area (TPSA) is 180 Å². The molecular weight excluding hydrogens is 450 g/mol. The molecule has 12 heteroatoms. The predicted octanol–water partition coefficient (Wildman–Crippen LogP) is 0.518. The molecule has 33 heavy (non-hydrogen) atoms. The number of sulfonamides is 1. The van der Waals surface area contributed by atoms with Crippen LogP contribution in [0.2, 0.25) is 0 Å². The van der Waals surface area contributed by atoms with Crippen molar-refractivity contribution >= 4 is 43.9 Å². The summed E-state index contributed by atoms with van der Waals surface area (Å²) in [6, 6.07) is 6.61. The molecule has 0 spiro atoms. The molecule has 0 aliphatic rings. The van der Waals surface area contributed by atoms with Gasteiger partial charge in [-0.25, -0.2) is 4.72 Å². The van der Waals surface area contributed by atoms with Crippen LogP contribution in [-0.2, 0) is 30.8 Å². The number of carbonyl (C=O) groups is 4. The van der Waals surface area contributed by atoms with Gasteiger partial charge in [-0.15, -0.1) is 0 Å². The Labute approximate surface area is 191 Å². The van der Waals surface area contributed by atoms with Crippen molar-refractivity contribution in [3.8, 4) is 0 Å². The van der Waals surface area contributed by atoms with Gasteiger partial charge in [-0.2, -0.15) is 8.42 Å². The Morgan fingerprint density at radius 2 is 1.76 bits per heavy atom. The van der Waals surface area contributed by atoms with Gasteiger partial charge in [0.15, 0.2) is 0 Å². The maximum Gasteiger partial charge on any atom is 0.354 e. The Morgan fingerprint density at radius 3 is 2.36 bits per heavy atom. The molecule has 0 bridgehead atoms. The molecule has 0 saturated carbocycles. The predicted molar refractivity (Wildman–Crippen MR) is 122 cm³/mol. The Kier molecular flexibility index (Phi) is 8.57. The largest absolute Gasteiger partial charge is 0.361 e. The second-order valence-corrected chi connectivity index (χ2v) is 9.73. The minimum Gasteiger partial charge on any atom is -0.361 e. The van der Waals surface area contributed by atoms with Crippen LogP contribution in [-0.4, -0.2) is 49.5 Å². The molecule has 0 aliphatic carbocycles. The van der Waals surface area contributed by atoms with Gasteiger partial charge < -0.3 is 21.4 Å². The number of carbonyl (C=O) groups excluding carboxylic acids is 4. The molecule has 11 nitrogen and oxygen atoms in total. The highest BCUT2D eigenvalue weighted by molar-refractivity contribution is 8.04. The molecule has 2 atom stereocenters. The van der Waals surface area contributed by atoms with E-state index in [4.69, 9.17) is 5.73 Å². The van der Waals surface area contributed by atoms with Crippen molar-refractivity contribution in [3.05, 3.63) is 36.0 Å². The SMILES string of the molecule is CNC(=O)C(Cc1c[nH]c2ccccc12)NC(=O)C(CC(=O)NS(=O)(=O)C(N)=O)CC(C)C. The highest BCUT2D eigenvalue weighted by Gasteiger charge is 2.30. The summed E-state index contributed by atoms with van der Waals surface area (Å²) in [4.78, 5) is 51.7. The highest BCUT2D eigenvalue weighted by atomic mass is 32.2. The zero-order valence-electron chi connectivity index (χ0n) is 18.7. The average Bonchev–Trinajstić information content (AvgIpc) is 3.14. The van der Waals surface area contributed by atoms with Gasteiger partial charge in [0.1, 0.15) is 6.04 Å². The van der Waals surface area contributed by atoms with E-state index in [1.165, 1.54) is 7.05 Å². The molecule has 1 aromatic heterocycles. The Morgan fingerprint density at radius 1 is 1.09 bits per heavy atom. The van der Waals surface area contributed by atoms with Gasteiger partial charge in [-0.05, 0) is 24.0 Å². The van der Waals surface area contributed by atoms with Crippen LogP contribution in [0.4, 0.5) is 4.79 Å². The summed E-state index contributed by atoms with van der Waals surface area (Å²) in [5, 5.41) is 4.42. The van der Waals surface area contributed by atoms with Gasteiger partial charge in [-0.1, -0.05) is 32.0 Å². The lowest BCUT2D eigenvalue weighted by Gasteiger charge is -2.22. The molecular formula is C21H29N5O6S. The average molecular weight is 480 g/mol. The van der Waals surface area contributed by atoms with Crippen LogP contribution in [0.15, 0.2) is 30.5 Å². The second kappa shape index (κ2) is 10.9. The van der Waals surface area contributed by atoms with Crippen LogP contribution in [0.25, 0.3) is 10.9 Å². The summed E-state index contributed by atoms with van der Waals surface area (Å²) in [5.41, 5.74) is 6.45. The third-order valence-corrected chi connectivity index (χ3v) is 6.08. The summed E-state index contributed by atoms with van der Waals surface area (Å²) in [6.45, 7) is 3.67. The van der Waals surface area contributed by atoms with Crippen molar-refractivity contribution in [3.63, 3.8) is 0 Å². The molecule has 4 amide bonds. The third-order valence-electron chi connectivity index (χ3n) is 5.05. The van der Waals surface area contributed by atoms with Gasteiger partial charge >= 0.3 is 15.3 Å². The lowest BCUT2D eigenvalue weighted by molar-refractivity contribution is -0.133. The number of fused-ring (bicyclic) bond motifs is 1. The molecule has 2 aromatic rings. The number of nitrogens with one attached hydrogen (secondary N) is 4. The number of aromatic amines is 1. The smallest absolute Gasteiger partial charge is 0.354 e. The maximum atomic E-state index is 13.0. The van der Waals surface area contributed by atoms with Crippen LogP contribution in [0.1, 0.15) is 32.3 Å². The quantitative estimate of drug-likeness (QED) is 0.349. The number of primary amides is 1. The van der Waals surface area contributed by atoms with Crippen LogP contribution < -0.4 is 21.1 Å². The van der Waals surface area contributed by atoms with E-state index in [2.05, 4.69) is 15.6 Å². The van der Waals surface area contributed by atoms with E-state index in [-0.39, 0.29) is 18.8 Å². The number of rotatable bonds is 9. The molecule has 2 rings (SSSR count). The fourth-order valence-electron chi connectivity index (χ4n) is 3.51. The van der Waals surface area contributed by atoms with E-state index in [0.29, 0.717) is 0 Å². The Hall–Kier alpha value is -3.41. The first-order valence-corrected chi connectivity index (χ1v) is 11.8. The fraction of sp³-hybridized carbons (Fsp3) is 0.429. The van der Waals surface area contributed by atoms with E-state index in [1.807, 2.05) is 38.1 Å². The van der Waals surface area contributed by atoms with E-state index in [9.17, 15) is 27.6 Å². The zero-order chi connectivity index (χ0) is 24.8. The lowest BCUT2D eigenvalue weighted by Crippen LogP contribution is -2.49. The first kappa shape index (κ1) is 25.8. The Bertz CT molecular complexity index is 1140. The highest BCUT2D eigenvalue weighted by Crippen LogP contribution is 2.20. The molecule has 1 aromatic carbocycles. The summed E-state index contributed by atoms with van der Waals surface area (Å²) < 4.78 is 24.6. The number of H-pyrrole nitrogens is 1. The van der Waals surface area contributed by atoms with Crippen molar-refractivity contribution in [2.45, 2.75) is 39.2 Å². The standard InChI is InChI=1S/C21H29N5O6S/c1-12(2)8-13(10-18(27)26-33(31,32)21(22)30)19(28)25-17(20(29)23-3)9-14-11-24-16-7-5-4-6-15(14)16/h4-7,11-13,17,24H,8-10H2,1-3H3,(H2,22,30)(H,23,29)(H,25,28)(H,26,27). The summed E-state index contributed by atoms with van der Waals surface area (Å²) in [5.74, 6) is -2.97. The van der Waals surface area contributed by atoms with E-state index in [0.717, 1.165) is 16.5 Å². The van der Waals surface area contributed by atoms with Gasteiger partial charge in [-0.3, -0.25) is 19.2 Å². The molecule has 0 fully saturated rings. The van der Waals surface area contributed by atoms with Crippen LogP contribution in [0, 0.1) is 11.8 Å². The number of likely N-dealkylation sites (N-methyl/N-ethyl adjacent to an activating group) is 1. The number of nitrogens with two attached hydrogens (primary N) is 1. The van der Waals surface area contributed by atoms with E-state index in [1.54, 1.807) is 10.9 Å². The number of hydrogen-bond acceptors (Lipinski definition) is 6. The summed E-state index contributed by atoms with van der Waals surface area (Å²) >= 11 is 0. The molecule has 6 N–H and O–H groups in total. The summed E-state index contributed by atoms with van der Waals surface area (Å²) in [6.07, 6.45) is 1.72. The minimum absolute atomic E-state index is 0.00614. The van der Waals surface area contributed by atoms with Crippen molar-refractivity contribution < 1.29 is 27.6 Å². The van der Waals surface area contributed by atoms with Crippen molar-refractivity contribution in [2.24, 2.45) is 17.6 Å². The maximum absolute atomic E-state index is 13.0. The normalized spacial score (nSPS) is 13.3.